The third kappa shape index (κ3) is 2.49. The molecule has 1 fully saturated rings. The number of aryl methyl sites for hydroxylation is 1. The normalized spacial score (nSPS) is 17.4. The van der Waals surface area contributed by atoms with Gasteiger partial charge in [-0.15, -0.1) is 5.10 Å². The molecule has 0 spiro atoms. The van der Waals surface area contributed by atoms with Crippen LogP contribution >= 0.6 is 0 Å². The van der Waals surface area contributed by atoms with E-state index in [0.717, 1.165) is 24.5 Å². The number of hydrogen-bond donors (Lipinski definition) is 1. The lowest BCUT2D eigenvalue weighted by Gasteiger charge is -2.42. The summed E-state index contributed by atoms with van der Waals surface area (Å²) < 4.78 is 1.62. The molecule has 1 saturated heterocycles. The SMILES string of the molecule is Cc1nccnc1C(C)N1CC(n2cc(C(=O)O)nn2)C1. The first kappa shape index (κ1) is 13.6. The Morgan fingerprint density at radius 3 is 2.71 bits per heavy atom. The van der Waals surface area contributed by atoms with Gasteiger partial charge in [-0.2, -0.15) is 0 Å². The largest absolute Gasteiger partial charge is 0.476 e. The van der Waals surface area contributed by atoms with Gasteiger partial charge in [0.25, 0.3) is 0 Å². The summed E-state index contributed by atoms with van der Waals surface area (Å²) in [6, 6.07) is 0.336. The zero-order valence-electron chi connectivity index (χ0n) is 11.8. The second-order valence-electron chi connectivity index (χ2n) is 5.20. The predicted molar refractivity (Wildman–Crippen MR) is 72.8 cm³/mol. The van der Waals surface area contributed by atoms with Crippen molar-refractivity contribution in [3.63, 3.8) is 0 Å². The Hall–Kier alpha value is -2.35. The number of nitrogens with zero attached hydrogens (tertiary/aromatic N) is 6. The molecular formula is C13H16N6O2. The van der Waals surface area contributed by atoms with E-state index in [2.05, 4.69) is 32.1 Å². The first-order valence-electron chi connectivity index (χ1n) is 6.73. The predicted octanol–water partition coefficient (Wildman–Crippen LogP) is 0.693. The molecule has 0 bridgehead atoms. The molecule has 8 nitrogen and oxygen atoms in total. The zero-order valence-corrected chi connectivity index (χ0v) is 11.8. The van der Waals surface area contributed by atoms with Gasteiger partial charge in [0, 0.05) is 25.5 Å². The van der Waals surface area contributed by atoms with E-state index in [1.165, 1.54) is 6.20 Å². The summed E-state index contributed by atoms with van der Waals surface area (Å²) in [6.07, 6.45) is 4.86. The summed E-state index contributed by atoms with van der Waals surface area (Å²) in [5, 5.41) is 16.4. The van der Waals surface area contributed by atoms with Crippen LogP contribution in [0.5, 0.6) is 0 Å². The number of aromatic nitrogens is 5. The molecule has 1 aliphatic rings. The third-order valence-corrected chi connectivity index (χ3v) is 3.86. The number of rotatable bonds is 4. The summed E-state index contributed by atoms with van der Waals surface area (Å²) in [5.41, 5.74) is 1.88. The number of aromatic carboxylic acids is 1. The first-order valence-corrected chi connectivity index (χ1v) is 6.73. The third-order valence-electron chi connectivity index (χ3n) is 3.86. The molecule has 1 aliphatic heterocycles. The lowest BCUT2D eigenvalue weighted by molar-refractivity contribution is 0.0564. The van der Waals surface area contributed by atoms with Crippen LogP contribution in [0.3, 0.4) is 0 Å². The Balaban J connectivity index is 1.65. The Morgan fingerprint density at radius 2 is 2.10 bits per heavy atom. The molecule has 1 N–H and O–H groups in total. The zero-order chi connectivity index (χ0) is 15.0. The van der Waals surface area contributed by atoms with Crippen molar-refractivity contribution in [3.8, 4) is 0 Å². The minimum Gasteiger partial charge on any atom is -0.476 e. The standard InChI is InChI=1S/C13H16N6O2/c1-8-12(15-4-3-14-8)9(2)18-5-10(6-18)19-7-11(13(20)21)16-17-19/h3-4,7,9-10H,5-6H2,1-2H3,(H,20,21). The van der Waals surface area contributed by atoms with Gasteiger partial charge >= 0.3 is 5.97 Å². The maximum absolute atomic E-state index is 10.8. The molecule has 2 aromatic rings. The van der Waals surface area contributed by atoms with Gasteiger partial charge in [-0.05, 0) is 13.8 Å². The monoisotopic (exact) mass is 288 g/mol. The quantitative estimate of drug-likeness (QED) is 0.884. The molecule has 2 aromatic heterocycles. The van der Waals surface area contributed by atoms with Crippen molar-refractivity contribution in [3.05, 3.63) is 35.7 Å². The molecule has 8 heteroatoms. The Bertz CT molecular complexity index is 664. The van der Waals surface area contributed by atoms with Crippen LogP contribution in [0.15, 0.2) is 18.6 Å². The second kappa shape index (κ2) is 5.21. The fourth-order valence-electron chi connectivity index (χ4n) is 2.53. The summed E-state index contributed by atoms with van der Waals surface area (Å²) in [7, 11) is 0. The van der Waals surface area contributed by atoms with Crippen molar-refractivity contribution >= 4 is 5.97 Å². The van der Waals surface area contributed by atoms with Gasteiger partial charge in [0.2, 0.25) is 0 Å². The van der Waals surface area contributed by atoms with E-state index in [-0.39, 0.29) is 17.8 Å². The maximum atomic E-state index is 10.8. The Kier molecular flexibility index (Phi) is 3.38. The summed E-state index contributed by atoms with van der Waals surface area (Å²) in [5.74, 6) is -1.05. The van der Waals surface area contributed by atoms with E-state index < -0.39 is 5.97 Å². The van der Waals surface area contributed by atoms with Crippen LogP contribution < -0.4 is 0 Å². The first-order chi connectivity index (χ1) is 10.1. The number of carboxylic acid groups (broad SMARTS) is 1. The van der Waals surface area contributed by atoms with E-state index >= 15 is 0 Å². The molecule has 3 rings (SSSR count). The molecule has 1 atom stereocenters. The average Bonchev–Trinajstić information content (AvgIpc) is 2.87. The smallest absolute Gasteiger partial charge is 0.358 e. The van der Waals surface area contributed by atoms with Gasteiger partial charge < -0.3 is 5.11 Å². The minimum absolute atomic E-state index is 0.0220. The lowest BCUT2D eigenvalue weighted by Crippen LogP contribution is -2.49. The fraction of sp³-hybridized carbons (Fsp3) is 0.462. The van der Waals surface area contributed by atoms with Crippen molar-refractivity contribution in [2.24, 2.45) is 0 Å². The van der Waals surface area contributed by atoms with E-state index in [1.54, 1.807) is 17.1 Å². The summed E-state index contributed by atoms with van der Waals surface area (Å²) in [4.78, 5) is 21.7. The lowest BCUT2D eigenvalue weighted by atomic mass is 10.0. The highest BCUT2D eigenvalue weighted by Crippen LogP contribution is 2.30. The van der Waals surface area contributed by atoms with Crippen molar-refractivity contribution in [2.75, 3.05) is 13.1 Å². The van der Waals surface area contributed by atoms with E-state index in [0.29, 0.717) is 0 Å². The van der Waals surface area contributed by atoms with E-state index in [4.69, 9.17) is 5.11 Å². The molecule has 0 radical (unpaired) electrons. The van der Waals surface area contributed by atoms with Crippen LogP contribution in [0.25, 0.3) is 0 Å². The second-order valence-corrected chi connectivity index (χ2v) is 5.20. The Morgan fingerprint density at radius 1 is 1.38 bits per heavy atom. The molecule has 0 aromatic carbocycles. The highest BCUT2D eigenvalue weighted by Gasteiger charge is 2.34. The molecule has 110 valence electrons. The summed E-state index contributed by atoms with van der Waals surface area (Å²) >= 11 is 0. The van der Waals surface area contributed by atoms with Crippen molar-refractivity contribution in [1.29, 1.82) is 0 Å². The number of hydrogen-bond acceptors (Lipinski definition) is 6. The number of carbonyl (C=O) groups is 1. The van der Waals surface area contributed by atoms with Gasteiger partial charge in [-0.25, -0.2) is 9.48 Å². The number of likely N-dealkylation sites (tertiary alicyclic amines) is 1. The van der Waals surface area contributed by atoms with Gasteiger partial charge in [0.15, 0.2) is 5.69 Å². The Labute approximate surface area is 121 Å². The molecule has 1 unspecified atom stereocenters. The van der Waals surface area contributed by atoms with Crippen molar-refractivity contribution in [1.82, 2.24) is 29.9 Å². The topological polar surface area (TPSA) is 97.0 Å². The van der Waals surface area contributed by atoms with Crippen LogP contribution in [0, 0.1) is 6.92 Å². The van der Waals surface area contributed by atoms with Gasteiger partial charge in [-0.3, -0.25) is 14.9 Å². The van der Waals surface area contributed by atoms with Crippen LogP contribution in [-0.2, 0) is 0 Å². The van der Waals surface area contributed by atoms with Crippen LogP contribution in [-0.4, -0.2) is 54.0 Å². The van der Waals surface area contributed by atoms with Crippen LogP contribution in [0.4, 0.5) is 0 Å². The molecule has 0 aliphatic carbocycles. The highest BCUT2D eigenvalue weighted by atomic mass is 16.4. The van der Waals surface area contributed by atoms with Crippen LogP contribution in [0.2, 0.25) is 0 Å². The molecule has 0 amide bonds. The van der Waals surface area contributed by atoms with Crippen molar-refractivity contribution in [2.45, 2.75) is 25.9 Å². The van der Waals surface area contributed by atoms with E-state index in [1.807, 2.05) is 6.92 Å². The van der Waals surface area contributed by atoms with Gasteiger partial charge in [-0.1, -0.05) is 5.21 Å². The maximum Gasteiger partial charge on any atom is 0.358 e. The highest BCUT2D eigenvalue weighted by molar-refractivity contribution is 5.84. The number of carboxylic acids is 1. The van der Waals surface area contributed by atoms with Gasteiger partial charge in [0.05, 0.1) is 29.7 Å². The fourth-order valence-corrected chi connectivity index (χ4v) is 2.53. The molecule has 21 heavy (non-hydrogen) atoms. The van der Waals surface area contributed by atoms with E-state index in [9.17, 15) is 4.79 Å². The molecule has 0 saturated carbocycles. The molecular weight excluding hydrogens is 272 g/mol. The molecule has 3 heterocycles. The van der Waals surface area contributed by atoms with Crippen molar-refractivity contribution < 1.29 is 9.90 Å². The minimum atomic E-state index is -1.05. The average molecular weight is 288 g/mol. The van der Waals surface area contributed by atoms with Gasteiger partial charge in [0.1, 0.15) is 0 Å². The summed E-state index contributed by atoms with van der Waals surface area (Å²) in [6.45, 7) is 5.63. The van der Waals surface area contributed by atoms with Crippen LogP contribution in [0.1, 0.15) is 40.9 Å².